The lowest BCUT2D eigenvalue weighted by atomic mass is 10.1. The van der Waals surface area contributed by atoms with Gasteiger partial charge in [-0.3, -0.25) is 4.79 Å². The van der Waals surface area contributed by atoms with Crippen molar-refractivity contribution in [1.82, 2.24) is 0 Å². The van der Waals surface area contributed by atoms with Crippen LogP contribution in [0.5, 0.6) is 5.75 Å². The van der Waals surface area contributed by atoms with Crippen LogP contribution in [-0.2, 0) is 16.0 Å². The predicted octanol–water partition coefficient (Wildman–Crippen LogP) is 2.47. The highest BCUT2D eigenvalue weighted by molar-refractivity contribution is 5.69. The molecular formula is C14H14F2O3. The van der Waals surface area contributed by atoms with Crippen molar-refractivity contribution >= 4 is 5.97 Å². The van der Waals surface area contributed by atoms with E-state index in [4.69, 9.17) is 15.9 Å². The predicted molar refractivity (Wildman–Crippen MR) is 65.6 cm³/mol. The molecule has 0 fully saturated rings. The number of esters is 1. The second-order valence-corrected chi connectivity index (χ2v) is 3.69. The van der Waals surface area contributed by atoms with Gasteiger partial charge in [0.1, 0.15) is 6.61 Å². The minimum Gasteiger partial charge on any atom is -0.475 e. The molecule has 0 saturated carbocycles. The van der Waals surface area contributed by atoms with Gasteiger partial charge < -0.3 is 9.47 Å². The summed E-state index contributed by atoms with van der Waals surface area (Å²) in [6.45, 7) is 1.76. The van der Waals surface area contributed by atoms with Crippen molar-refractivity contribution in [2.24, 2.45) is 0 Å². The van der Waals surface area contributed by atoms with Gasteiger partial charge in [-0.1, -0.05) is 5.92 Å². The van der Waals surface area contributed by atoms with E-state index >= 15 is 0 Å². The molecule has 1 rings (SSSR count). The SMILES string of the molecule is C#CCOc1c(F)cc(CCC(=O)OCC)cc1F. The van der Waals surface area contributed by atoms with Gasteiger partial charge in [-0.05, 0) is 31.0 Å². The summed E-state index contributed by atoms with van der Waals surface area (Å²) in [7, 11) is 0. The summed E-state index contributed by atoms with van der Waals surface area (Å²) in [4.78, 5) is 11.1. The third-order valence-corrected chi connectivity index (χ3v) is 2.28. The van der Waals surface area contributed by atoms with Gasteiger partial charge in [0.15, 0.2) is 17.4 Å². The lowest BCUT2D eigenvalue weighted by Crippen LogP contribution is -2.06. The highest BCUT2D eigenvalue weighted by Crippen LogP contribution is 2.23. The van der Waals surface area contributed by atoms with Gasteiger partial charge in [0.2, 0.25) is 0 Å². The van der Waals surface area contributed by atoms with E-state index in [9.17, 15) is 13.6 Å². The first-order chi connectivity index (χ1) is 9.08. The number of ether oxygens (including phenoxy) is 2. The van der Waals surface area contributed by atoms with Crippen LogP contribution in [0.15, 0.2) is 12.1 Å². The van der Waals surface area contributed by atoms with Crippen LogP contribution in [0.1, 0.15) is 18.9 Å². The minimum absolute atomic E-state index is 0.0667. The van der Waals surface area contributed by atoms with Gasteiger partial charge in [0.25, 0.3) is 0 Å². The van der Waals surface area contributed by atoms with Crippen LogP contribution >= 0.6 is 0 Å². The van der Waals surface area contributed by atoms with E-state index in [-0.39, 0.29) is 26.1 Å². The smallest absolute Gasteiger partial charge is 0.306 e. The van der Waals surface area contributed by atoms with Crippen molar-refractivity contribution in [1.29, 1.82) is 0 Å². The average molecular weight is 268 g/mol. The molecular weight excluding hydrogens is 254 g/mol. The van der Waals surface area contributed by atoms with Crippen molar-refractivity contribution in [3.05, 3.63) is 29.3 Å². The molecule has 0 aliphatic carbocycles. The fourth-order valence-corrected chi connectivity index (χ4v) is 1.49. The van der Waals surface area contributed by atoms with E-state index in [1.807, 2.05) is 0 Å². The van der Waals surface area contributed by atoms with Crippen LogP contribution < -0.4 is 4.74 Å². The van der Waals surface area contributed by atoms with Gasteiger partial charge in [0.05, 0.1) is 6.61 Å². The van der Waals surface area contributed by atoms with E-state index in [2.05, 4.69) is 5.92 Å². The Hall–Kier alpha value is -2.09. The molecule has 0 unspecified atom stereocenters. The molecule has 0 bridgehead atoms. The molecule has 0 spiro atoms. The van der Waals surface area contributed by atoms with Gasteiger partial charge in [-0.15, -0.1) is 6.42 Å². The summed E-state index contributed by atoms with van der Waals surface area (Å²) >= 11 is 0. The Labute approximate surface area is 110 Å². The zero-order chi connectivity index (χ0) is 14.3. The van der Waals surface area contributed by atoms with Crippen molar-refractivity contribution in [2.75, 3.05) is 13.2 Å². The Morgan fingerprint density at radius 3 is 2.53 bits per heavy atom. The molecule has 19 heavy (non-hydrogen) atoms. The Kier molecular flexibility index (Phi) is 5.80. The maximum absolute atomic E-state index is 13.6. The lowest BCUT2D eigenvalue weighted by Gasteiger charge is -2.08. The molecule has 1 aromatic rings. The molecule has 0 amide bonds. The lowest BCUT2D eigenvalue weighted by molar-refractivity contribution is -0.143. The Morgan fingerprint density at radius 1 is 1.37 bits per heavy atom. The standard InChI is InChI=1S/C14H14F2O3/c1-3-7-19-14-11(15)8-10(9-12(14)16)5-6-13(17)18-4-2/h1,8-9H,4-7H2,2H3. The van der Waals surface area contributed by atoms with E-state index in [0.717, 1.165) is 12.1 Å². The van der Waals surface area contributed by atoms with Crippen LogP contribution in [-0.4, -0.2) is 19.2 Å². The van der Waals surface area contributed by atoms with E-state index in [1.165, 1.54) is 0 Å². The summed E-state index contributed by atoms with van der Waals surface area (Å²) in [5.74, 6) is -0.463. The fourth-order valence-electron chi connectivity index (χ4n) is 1.49. The number of carbonyl (C=O) groups is 1. The largest absolute Gasteiger partial charge is 0.475 e. The summed E-state index contributed by atoms with van der Waals surface area (Å²) in [5, 5.41) is 0. The summed E-state index contributed by atoms with van der Waals surface area (Å²) in [5.41, 5.74) is 0.358. The highest BCUT2D eigenvalue weighted by atomic mass is 19.1. The normalized spacial score (nSPS) is 9.79. The van der Waals surface area contributed by atoms with Crippen LogP contribution in [0, 0.1) is 24.0 Å². The molecule has 0 atom stereocenters. The number of benzene rings is 1. The molecule has 102 valence electrons. The molecule has 1 aromatic carbocycles. The van der Waals surface area contributed by atoms with Crippen molar-refractivity contribution in [3.8, 4) is 18.1 Å². The second-order valence-electron chi connectivity index (χ2n) is 3.69. The fraction of sp³-hybridized carbons (Fsp3) is 0.357. The van der Waals surface area contributed by atoms with Crippen LogP contribution in [0.4, 0.5) is 8.78 Å². The molecule has 0 saturated heterocycles. The Balaban J connectivity index is 2.72. The molecule has 0 aromatic heterocycles. The van der Waals surface area contributed by atoms with Gasteiger partial charge in [-0.2, -0.15) is 0 Å². The average Bonchev–Trinajstić information content (AvgIpc) is 2.36. The first-order valence-corrected chi connectivity index (χ1v) is 5.78. The molecule has 5 heteroatoms. The maximum atomic E-state index is 13.6. The zero-order valence-electron chi connectivity index (χ0n) is 10.5. The molecule has 0 aliphatic heterocycles. The quantitative estimate of drug-likeness (QED) is 0.587. The van der Waals surface area contributed by atoms with Crippen molar-refractivity contribution in [2.45, 2.75) is 19.8 Å². The third-order valence-electron chi connectivity index (χ3n) is 2.28. The highest BCUT2D eigenvalue weighted by Gasteiger charge is 2.13. The molecule has 0 N–H and O–H groups in total. The number of halogens is 2. The van der Waals surface area contributed by atoms with Crippen molar-refractivity contribution < 1.29 is 23.0 Å². The number of hydrogen-bond donors (Lipinski definition) is 0. The summed E-state index contributed by atoms with van der Waals surface area (Å²) < 4.78 is 36.6. The number of hydrogen-bond acceptors (Lipinski definition) is 3. The van der Waals surface area contributed by atoms with Gasteiger partial charge >= 0.3 is 5.97 Å². The second kappa shape index (κ2) is 7.37. The number of terminal acetylenes is 1. The summed E-state index contributed by atoms with van der Waals surface area (Å²) in [6, 6.07) is 2.24. The minimum atomic E-state index is -0.839. The number of carbonyl (C=O) groups excluding carboxylic acids is 1. The van der Waals surface area contributed by atoms with Crippen molar-refractivity contribution in [3.63, 3.8) is 0 Å². The number of aryl methyl sites for hydroxylation is 1. The Bertz CT molecular complexity index is 469. The van der Waals surface area contributed by atoms with E-state index < -0.39 is 23.4 Å². The van der Waals surface area contributed by atoms with Crippen LogP contribution in [0.25, 0.3) is 0 Å². The zero-order valence-corrected chi connectivity index (χ0v) is 10.5. The maximum Gasteiger partial charge on any atom is 0.306 e. The Morgan fingerprint density at radius 2 is 2.00 bits per heavy atom. The van der Waals surface area contributed by atoms with Crippen LogP contribution in [0.3, 0.4) is 0 Å². The van der Waals surface area contributed by atoms with Crippen LogP contribution in [0.2, 0.25) is 0 Å². The third kappa shape index (κ3) is 4.59. The van der Waals surface area contributed by atoms with E-state index in [1.54, 1.807) is 6.92 Å². The molecule has 0 heterocycles. The summed E-state index contributed by atoms with van der Waals surface area (Å²) in [6.07, 6.45) is 5.21. The first kappa shape index (κ1) is 15.0. The molecule has 0 aliphatic rings. The van der Waals surface area contributed by atoms with E-state index in [0.29, 0.717) is 5.56 Å². The molecule has 0 radical (unpaired) electrons. The number of rotatable bonds is 6. The monoisotopic (exact) mass is 268 g/mol. The topological polar surface area (TPSA) is 35.5 Å². The first-order valence-electron chi connectivity index (χ1n) is 5.78. The van der Waals surface area contributed by atoms with Gasteiger partial charge in [-0.25, -0.2) is 8.78 Å². The molecule has 3 nitrogen and oxygen atoms in total. The van der Waals surface area contributed by atoms with Gasteiger partial charge in [0, 0.05) is 6.42 Å².